The third-order valence-corrected chi connectivity index (χ3v) is 10.8. The Balaban J connectivity index is 0.000000220. The summed E-state index contributed by atoms with van der Waals surface area (Å²) in [5.41, 5.74) is 7.75. The van der Waals surface area contributed by atoms with Gasteiger partial charge in [0.2, 0.25) is 0 Å². The molecule has 0 atom stereocenters. The predicted molar refractivity (Wildman–Crippen MR) is 238 cm³/mol. The Hall–Kier alpha value is -4.95. The second-order valence-corrected chi connectivity index (χ2v) is 15.1. The molecule has 8 nitrogen and oxygen atoms in total. The number of rotatable bonds is 15. The van der Waals surface area contributed by atoms with Crippen LogP contribution < -0.4 is 19.7 Å². The van der Waals surface area contributed by atoms with Gasteiger partial charge in [-0.15, -0.1) is 22.7 Å². The number of nitriles is 2. The number of hydrogen-bond acceptors (Lipinski definition) is 10. The molecule has 6 rings (SSSR count). The number of thiazole rings is 2. The summed E-state index contributed by atoms with van der Waals surface area (Å²) in [5, 5.41) is 27.1. The molecule has 0 fully saturated rings. The maximum atomic E-state index is 8.97. The lowest BCUT2D eigenvalue weighted by atomic mass is 10.1. The number of benzene rings is 4. The van der Waals surface area contributed by atoms with Crippen LogP contribution in [0.2, 0.25) is 0 Å². The molecule has 0 radical (unpaired) electrons. The average molecular weight is 883 g/mol. The summed E-state index contributed by atoms with van der Waals surface area (Å²) in [4.78, 5) is 11.8. The molecule has 55 heavy (non-hydrogen) atoms. The van der Waals surface area contributed by atoms with Crippen LogP contribution in [0.25, 0.3) is 22.5 Å². The third kappa shape index (κ3) is 14.0. The molecule has 2 aromatic heterocycles. The molecule has 0 saturated heterocycles. The Bertz CT molecular complexity index is 2070. The summed E-state index contributed by atoms with van der Waals surface area (Å²) >= 11 is 5.63. The van der Waals surface area contributed by atoms with E-state index in [1.807, 2.05) is 102 Å². The van der Waals surface area contributed by atoms with Crippen molar-refractivity contribution in [2.24, 2.45) is 0 Å². The number of aromatic nitrogens is 2. The lowest BCUT2D eigenvalue weighted by Gasteiger charge is -2.21. The smallest absolute Gasteiger partial charge is 0.186 e. The van der Waals surface area contributed by atoms with Crippen molar-refractivity contribution >= 4 is 55.5 Å². The summed E-state index contributed by atoms with van der Waals surface area (Å²) in [6, 6.07) is 35.5. The SMILES string of the molecule is CCCCI.CCCCN(Cc1ccc(C#N)cc1)c1nc(-c2ccc(OC)cc2)cs1.COc1ccc(-c2csc(NCc3ccc(C#N)cc3)n2)cc1. The lowest BCUT2D eigenvalue weighted by molar-refractivity contribution is 0.415. The molecule has 0 saturated carbocycles. The van der Waals surface area contributed by atoms with Crippen LogP contribution in [0, 0.1) is 22.7 Å². The van der Waals surface area contributed by atoms with Gasteiger partial charge in [-0.3, -0.25) is 0 Å². The predicted octanol–water partition coefficient (Wildman–Crippen LogP) is 12.0. The van der Waals surface area contributed by atoms with Crippen LogP contribution in [0.15, 0.2) is 108 Å². The highest BCUT2D eigenvalue weighted by molar-refractivity contribution is 14.1. The van der Waals surface area contributed by atoms with E-state index < -0.39 is 0 Å². The van der Waals surface area contributed by atoms with Gasteiger partial charge < -0.3 is 19.7 Å². The van der Waals surface area contributed by atoms with Gasteiger partial charge in [0.15, 0.2) is 10.3 Å². The molecule has 4 aromatic carbocycles. The van der Waals surface area contributed by atoms with Crippen molar-refractivity contribution in [2.45, 2.75) is 52.6 Å². The van der Waals surface area contributed by atoms with Gasteiger partial charge in [-0.25, -0.2) is 9.97 Å². The summed E-state index contributed by atoms with van der Waals surface area (Å²) in [6.07, 6.45) is 4.97. The van der Waals surface area contributed by atoms with Crippen molar-refractivity contribution in [1.82, 2.24) is 9.97 Å². The number of ether oxygens (including phenoxy) is 2. The Labute approximate surface area is 347 Å². The topological polar surface area (TPSA) is 107 Å². The second-order valence-electron chi connectivity index (χ2n) is 12.3. The fourth-order valence-electron chi connectivity index (χ4n) is 5.06. The van der Waals surface area contributed by atoms with E-state index >= 15 is 0 Å². The van der Waals surface area contributed by atoms with Gasteiger partial charge >= 0.3 is 0 Å². The first kappa shape index (κ1) is 42.8. The molecule has 284 valence electrons. The highest BCUT2D eigenvalue weighted by Gasteiger charge is 2.13. The number of alkyl halides is 1. The fraction of sp³-hybridized carbons (Fsp3) is 0.273. The summed E-state index contributed by atoms with van der Waals surface area (Å²) < 4.78 is 11.7. The standard InChI is InChI=1S/C22H23N3OS.C18H15N3OS.C4H9I/c1-3-4-13-25(15-18-7-5-17(14-23)6-8-18)22-24-21(16-27-22)19-9-11-20(26-2)12-10-19;1-22-16-8-6-15(7-9-16)17-12-23-18(21-17)20-11-14-4-2-13(10-19)3-5-14;1-2-3-4-5/h5-12,16H,3-4,13,15H2,1-2H3;2-9,12H,11H2,1H3,(H,20,21);2-4H2,1H3. The molecular formula is C44H47IN6O2S2. The number of unbranched alkanes of at least 4 members (excludes halogenated alkanes) is 2. The minimum atomic E-state index is 0.671. The van der Waals surface area contributed by atoms with Crippen LogP contribution in [0.5, 0.6) is 11.5 Å². The molecule has 6 aromatic rings. The third-order valence-electron chi connectivity index (χ3n) is 8.29. The Kier molecular flexibility index (Phi) is 18.5. The van der Waals surface area contributed by atoms with E-state index in [-0.39, 0.29) is 0 Å². The molecule has 0 aliphatic heterocycles. The lowest BCUT2D eigenvalue weighted by Crippen LogP contribution is -2.23. The number of methoxy groups -OCH3 is 2. The molecular weight excluding hydrogens is 836 g/mol. The van der Waals surface area contributed by atoms with Crippen molar-refractivity contribution in [3.05, 3.63) is 130 Å². The van der Waals surface area contributed by atoms with Gasteiger partial charge in [0.25, 0.3) is 0 Å². The first-order chi connectivity index (χ1) is 26.9. The van der Waals surface area contributed by atoms with Gasteiger partial charge in [0, 0.05) is 41.5 Å². The van der Waals surface area contributed by atoms with E-state index in [4.69, 9.17) is 25.0 Å². The first-order valence-corrected chi connectivity index (χ1v) is 21.4. The highest BCUT2D eigenvalue weighted by Crippen LogP contribution is 2.30. The van der Waals surface area contributed by atoms with Gasteiger partial charge in [0.1, 0.15) is 11.5 Å². The number of halogens is 1. The van der Waals surface area contributed by atoms with E-state index in [0.29, 0.717) is 17.7 Å². The fourth-order valence-corrected chi connectivity index (χ4v) is 7.40. The van der Waals surface area contributed by atoms with Crippen molar-refractivity contribution in [1.29, 1.82) is 10.5 Å². The van der Waals surface area contributed by atoms with E-state index in [0.717, 1.165) is 75.8 Å². The molecule has 0 unspecified atom stereocenters. The van der Waals surface area contributed by atoms with Crippen LogP contribution >= 0.6 is 45.3 Å². The minimum absolute atomic E-state index is 0.671. The summed E-state index contributed by atoms with van der Waals surface area (Å²) in [7, 11) is 3.33. The van der Waals surface area contributed by atoms with Crippen LogP contribution in [0.4, 0.5) is 10.3 Å². The minimum Gasteiger partial charge on any atom is -0.497 e. The second kappa shape index (κ2) is 23.8. The summed E-state index contributed by atoms with van der Waals surface area (Å²) in [6.45, 7) is 6.85. The van der Waals surface area contributed by atoms with Crippen molar-refractivity contribution in [2.75, 3.05) is 35.4 Å². The van der Waals surface area contributed by atoms with Gasteiger partial charge in [-0.2, -0.15) is 10.5 Å². The van der Waals surface area contributed by atoms with Crippen molar-refractivity contribution < 1.29 is 9.47 Å². The van der Waals surface area contributed by atoms with Crippen molar-refractivity contribution in [3.8, 4) is 46.2 Å². The van der Waals surface area contributed by atoms with Crippen molar-refractivity contribution in [3.63, 3.8) is 0 Å². The zero-order valence-corrected chi connectivity index (χ0v) is 35.6. The van der Waals surface area contributed by atoms with E-state index in [1.165, 1.54) is 22.8 Å². The van der Waals surface area contributed by atoms with Gasteiger partial charge in [0.05, 0.1) is 48.9 Å². The Morgan fingerprint density at radius 2 is 1.18 bits per heavy atom. The number of anilines is 2. The van der Waals surface area contributed by atoms with E-state index in [9.17, 15) is 0 Å². The van der Waals surface area contributed by atoms with Crippen LogP contribution in [0.3, 0.4) is 0 Å². The number of nitrogens with one attached hydrogen (secondary N) is 1. The Morgan fingerprint density at radius 1 is 0.673 bits per heavy atom. The average Bonchev–Trinajstić information content (AvgIpc) is 3.94. The normalized spacial score (nSPS) is 10.1. The van der Waals surface area contributed by atoms with Crippen LogP contribution in [0.1, 0.15) is 61.8 Å². The molecule has 0 spiro atoms. The van der Waals surface area contributed by atoms with Crippen LogP contribution in [-0.2, 0) is 13.1 Å². The van der Waals surface area contributed by atoms with E-state index in [1.54, 1.807) is 36.9 Å². The quantitative estimate of drug-likeness (QED) is 0.0803. The molecule has 0 bridgehead atoms. The largest absolute Gasteiger partial charge is 0.497 e. The zero-order chi connectivity index (χ0) is 39.3. The number of nitrogens with zero attached hydrogens (tertiary/aromatic N) is 5. The maximum Gasteiger partial charge on any atom is 0.186 e. The maximum absolute atomic E-state index is 8.97. The molecule has 2 heterocycles. The molecule has 0 amide bonds. The highest BCUT2D eigenvalue weighted by atomic mass is 127. The molecule has 1 N–H and O–H groups in total. The molecule has 11 heteroatoms. The number of hydrogen-bond donors (Lipinski definition) is 1. The Morgan fingerprint density at radius 3 is 1.65 bits per heavy atom. The zero-order valence-electron chi connectivity index (χ0n) is 31.8. The monoisotopic (exact) mass is 882 g/mol. The van der Waals surface area contributed by atoms with E-state index in [2.05, 4.69) is 69.2 Å². The molecule has 0 aliphatic carbocycles. The van der Waals surface area contributed by atoms with Gasteiger partial charge in [-0.1, -0.05) is 73.5 Å². The summed E-state index contributed by atoms with van der Waals surface area (Å²) in [5.74, 6) is 1.68. The molecule has 0 aliphatic rings. The van der Waals surface area contributed by atoms with Crippen LogP contribution in [-0.4, -0.2) is 35.2 Å². The van der Waals surface area contributed by atoms with Gasteiger partial charge in [-0.05, 0) is 101 Å². The first-order valence-electron chi connectivity index (χ1n) is 18.2.